The van der Waals surface area contributed by atoms with Crippen LogP contribution in [0.1, 0.15) is 51.4 Å². The van der Waals surface area contributed by atoms with Gasteiger partial charge in [0.05, 0.1) is 0 Å². The summed E-state index contributed by atoms with van der Waals surface area (Å²) >= 11 is 0. The number of carbonyl (C=O) groups excluding carboxylic acids is 1. The smallest absolute Gasteiger partial charge is 0.389 e. The predicted octanol–water partition coefficient (Wildman–Crippen LogP) is 2.53. The minimum absolute atomic E-state index is 0.0706. The number of nitrogens with two attached hydrogens (primary N) is 1. The number of hydrogen-bond acceptors (Lipinski definition) is 3. The molecule has 0 aliphatic heterocycles. The van der Waals surface area contributed by atoms with Crippen LogP contribution in [-0.4, -0.2) is 29.7 Å². The van der Waals surface area contributed by atoms with Crippen LogP contribution in [0.4, 0.5) is 13.2 Å². The number of nitrogens with zero attached hydrogens (tertiary/aromatic N) is 1. The molecule has 1 amide bonds. The summed E-state index contributed by atoms with van der Waals surface area (Å²) in [5, 5.41) is 14.4. The summed E-state index contributed by atoms with van der Waals surface area (Å²) in [7, 11) is 0. The number of nitrogens with one attached hydrogen (secondary N) is 1. The zero-order valence-electron chi connectivity index (χ0n) is 11.9. The molecule has 0 aromatic rings. The highest BCUT2D eigenvalue weighted by atomic mass is 19.4. The summed E-state index contributed by atoms with van der Waals surface area (Å²) in [6.45, 7) is -0.0706. The monoisotopic (exact) mass is 309 g/mol. The van der Waals surface area contributed by atoms with Crippen LogP contribution in [0.25, 0.3) is 0 Å². The fourth-order valence-corrected chi connectivity index (χ4v) is 2.69. The first kappa shape index (κ1) is 17.6. The second-order valence-electron chi connectivity index (χ2n) is 5.46. The highest BCUT2D eigenvalue weighted by Crippen LogP contribution is 2.35. The largest absolute Gasteiger partial charge is 0.409 e. The number of amidine groups is 1. The third-order valence-corrected chi connectivity index (χ3v) is 3.91. The maximum Gasteiger partial charge on any atom is 0.389 e. The second kappa shape index (κ2) is 7.51. The van der Waals surface area contributed by atoms with Gasteiger partial charge in [-0.1, -0.05) is 30.8 Å². The van der Waals surface area contributed by atoms with Crippen LogP contribution in [0.3, 0.4) is 0 Å². The van der Waals surface area contributed by atoms with Gasteiger partial charge in [-0.05, 0) is 19.3 Å². The lowest BCUT2D eigenvalue weighted by atomic mass is 9.78. The zero-order chi connectivity index (χ0) is 15.9. The van der Waals surface area contributed by atoms with Crippen molar-refractivity contribution in [3.8, 4) is 0 Å². The molecule has 122 valence electrons. The molecule has 1 fully saturated rings. The molecule has 0 saturated heterocycles. The van der Waals surface area contributed by atoms with Crippen LogP contribution in [-0.2, 0) is 4.79 Å². The van der Waals surface area contributed by atoms with Crippen LogP contribution in [0.15, 0.2) is 5.16 Å². The summed E-state index contributed by atoms with van der Waals surface area (Å²) in [6, 6.07) is 0. The first-order chi connectivity index (χ1) is 9.82. The lowest BCUT2D eigenvalue weighted by Gasteiger charge is -2.29. The van der Waals surface area contributed by atoms with E-state index in [1.54, 1.807) is 0 Å². The van der Waals surface area contributed by atoms with E-state index in [-0.39, 0.29) is 18.8 Å². The zero-order valence-corrected chi connectivity index (χ0v) is 11.9. The summed E-state index contributed by atoms with van der Waals surface area (Å²) in [5.74, 6) is -0.598. The summed E-state index contributed by atoms with van der Waals surface area (Å²) in [5.41, 5.74) is 4.59. The quantitative estimate of drug-likeness (QED) is 0.182. The number of oxime groups is 1. The molecular weight excluding hydrogens is 287 g/mol. The van der Waals surface area contributed by atoms with E-state index >= 15 is 0 Å². The van der Waals surface area contributed by atoms with Gasteiger partial charge in [0.15, 0.2) is 5.84 Å². The number of amides is 1. The average Bonchev–Trinajstić information content (AvgIpc) is 2.68. The van der Waals surface area contributed by atoms with Gasteiger partial charge in [-0.3, -0.25) is 4.79 Å². The van der Waals surface area contributed by atoms with Crippen LogP contribution < -0.4 is 11.1 Å². The molecule has 8 heteroatoms. The molecule has 5 nitrogen and oxygen atoms in total. The van der Waals surface area contributed by atoms with Crippen LogP contribution in [0, 0.1) is 5.41 Å². The van der Waals surface area contributed by atoms with Crippen molar-refractivity contribution in [2.24, 2.45) is 16.3 Å². The molecule has 0 bridgehead atoms. The first-order valence-corrected chi connectivity index (χ1v) is 7.15. The molecule has 0 aromatic carbocycles. The van der Waals surface area contributed by atoms with Gasteiger partial charge in [0.25, 0.3) is 0 Å². The van der Waals surface area contributed by atoms with Crippen LogP contribution >= 0.6 is 0 Å². The van der Waals surface area contributed by atoms with Crippen molar-refractivity contribution >= 4 is 11.7 Å². The Kier molecular flexibility index (Phi) is 6.29. The molecule has 0 unspecified atom stereocenters. The molecule has 21 heavy (non-hydrogen) atoms. The van der Waals surface area contributed by atoms with Gasteiger partial charge in [-0.2, -0.15) is 13.2 Å². The fraction of sp³-hybridized carbons (Fsp3) is 0.846. The highest BCUT2D eigenvalue weighted by molar-refractivity contribution is 6.06. The Bertz CT molecular complexity index is 375. The summed E-state index contributed by atoms with van der Waals surface area (Å²) in [4.78, 5) is 12.3. The van der Waals surface area contributed by atoms with E-state index in [0.29, 0.717) is 12.8 Å². The predicted molar refractivity (Wildman–Crippen MR) is 71.8 cm³/mol. The molecule has 0 heterocycles. The standard InChI is InChI=1S/C13H22F3N3O2/c14-13(15,16)8-5-9-18-11(20)12(10(17)19-21)6-3-1-2-4-7-12/h21H,1-9H2,(H2,17,19)(H,18,20). The normalized spacial score (nSPS) is 19.9. The van der Waals surface area contributed by atoms with Crippen molar-refractivity contribution in [1.29, 1.82) is 0 Å². The molecule has 4 N–H and O–H groups in total. The number of hydrogen-bond donors (Lipinski definition) is 3. The number of halogens is 3. The van der Waals surface area contributed by atoms with Gasteiger partial charge in [0.2, 0.25) is 5.91 Å². The Morgan fingerprint density at radius 1 is 1.24 bits per heavy atom. The molecule has 0 aromatic heterocycles. The minimum atomic E-state index is -4.23. The van der Waals surface area contributed by atoms with Gasteiger partial charge >= 0.3 is 6.18 Å². The van der Waals surface area contributed by atoms with Gasteiger partial charge in [0.1, 0.15) is 5.41 Å². The maximum absolute atomic E-state index is 12.3. The molecular formula is C13H22F3N3O2. The molecule has 1 saturated carbocycles. The Labute approximate surface area is 121 Å². The topological polar surface area (TPSA) is 87.7 Å². The van der Waals surface area contributed by atoms with Crippen molar-refractivity contribution < 1.29 is 23.2 Å². The summed E-state index contributed by atoms with van der Waals surface area (Å²) < 4.78 is 36.2. The van der Waals surface area contributed by atoms with Crippen molar-refractivity contribution in [3.05, 3.63) is 0 Å². The van der Waals surface area contributed by atoms with E-state index < -0.39 is 23.9 Å². The molecule has 0 radical (unpaired) electrons. The molecule has 1 aliphatic rings. The SMILES string of the molecule is NC(=NO)C1(C(=O)NCCCC(F)(F)F)CCCCCC1. The van der Waals surface area contributed by atoms with E-state index in [1.807, 2.05) is 0 Å². The Hall–Kier alpha value is -1.47. The average molecular weight is 309 g/mol. The van der Waals surface area contributed by atoms with E-state index in [2.05, 4.69) is 10.5 Å². The van der Waals surface area contributed by atoms with E-state index in [1.165, 1.54) is 0 Å². The molecule has 1 aliphatic carbocycles. The first-order valence-electron chi connectivity index (χ1n) is 7.15. The number of carbonyl (C=O) groups is 1. The lowest BCUT2D eigenvalue weighted by molar-refractivity contribution is -0.137. The fourth-order valence-electron chi connectivity index (χ4n) is 2.69. The Morgan fingerprint density at radius 3 is 2.29 bits per heavy atom. The Morgan fingerprint density at radius 2 is 1.81 bits per heavy atom. The summed E-state index contributed by atoms with van der Waals surface area (Å²) in [6.07, 6.45) is -0.980. The van der Waals surface area contributed by atoms with Crippen molar-refractivity contribution in [1.82, 2.24) is 5.32 Å². The minimum Gasteiger partial charge on any atom is -0.409 e. The molecule has 0 atom stereocenters. The van der Waals surface area contributed by atoms with E-state index in [9.17, 15) is 18.0 Å². The van der Waals surface area contributed by atoms with Gasteiger partial charge in [-0.15, -0.1) is 0 Å². The molecule has 0 spiro atoms. The number of alkyl halides is 3. The second-order valence-corrected chi connectivity index (χ2v) is 5.46. The number of rotatable bonds is 5. The lowest BCUT2D eigenvalue weighted by Crippen LogP contribution is -2.50. The van der Waals surface area contributed by atoms with Gasteiger partial charge in [-0.25, -0.2) is 0 Å². The maximum atomic E-state index is 12.3. The third kappa shape index (κ3) is 5.09. The van der Waals surface area contributed by atoms with Crippen molar-refractivity contribution in [3.63, 3.8) is 0 Å². The highest BCUT2D eigenvalue weighted by Gasteiger charge is 2.42. The van der Waals surface area contributed by atoms with Crippen molar-refractivity contribution in [2.45, 2.75) is 57.5 Å². The molecule has 1 rings (SSSR count). The van der Waals surface area contributed by atoms with Crippen LogP contribution in [0.2, 0.25) is 0 Å². The van der Waals surface area contributed by atoms with Crippen LogP contribution in [0.5, 0.6) is 0 Å². The van der Waals surface area contributed by atoms with Crippen molar-refractivity contribution in [2.75, 3.05) is 6.54 Å². The van der Waals surface area contributed by atoms with Gasteiger partial charge in [0, 0.05) is 13.0 Å². The van der Waals surface area contributed by atoms with Gasteiger partial charge < -0.3 is 16.3 Å². The van der Waals surface area contributed by atoms with E-state index in [4.69, 9.17) is 10.9 Å². The Balaban J connectivity index is 2.64. The van der Waals surface area contributed by atoms with E-state index in [0.717, 1.165) is 25.7 Å². The third-order valence-electron chi connectivity index (χ3n) is 3.91.